The molecule has 8 heteroatoms. The molecule has 0 fully saturated rings. The standard InChI is InChI=1S/C19H22ClNO5S/c1-2-26-19(25)15-12-5-3-4-6-14(12)27-17(15)21-16(22)13-9-10(20)7-8-11(13)18(23)24/h7,11,13H,2-6,8-9H2,1H3,(H,21,22)(H,23,24)/p-1/t11-,13-/m1/s1. The van der Waals surface area contributed by atoms with E-state index in [-0.39, 0.29) is 19.4 Å². The molecule has 0 unspecified atom stereocenters. The number of aliphatic carboxylic acids is 1. The lowest BCUT2D eigenvalue weighted by atomic mass is 9.82. The average Bonchev–Trinajstić information content (AvgIpc) is 2.99. The maximum Gasteiger partial charge on any atom is 0.341 e. The maximum atomic E-state index is 12.8. The Hall–Kier alpha value is -1.86. The van der Waals surface area contributed by atoms with Crippen LogP contribution in [0.3, 0.4) is 0 Å². The SMILES string of the molecule is CCOC(=O)c1c(NC(=O)[C@@H]2CC(Cl)=CC[C@H]2C(=O)[O-])sc2c1CCCC2. The number of carbonyl (C=O) groups is 3. The van der Waals surface area contributed by atoms with E-state index in [9.17, 15) is 19.5 Å². The fourth-order valence-corrected chi connectivity index (χ4v) is 5.20. The Balaban J connectivity index is 1.89. The molecule has 0 saturated carbocycles. The minimum absolute atomic E-state index is 0.145. The first kappa shape index (κ1) is 19.9. The predicted octanol–water partition coefficient (Wildman–Crippen LogP) is 2.64. The Morgan fingerprint density at radius 2 is 2.04 bits per heavy atom. The molecule has 1 aromatic heterocycles. The number of rotatable bonds is 5. The summed E-state index contributed by atoms with van der Waals surface area (Å²) in [4.78, 5) is 37.8. The third kappa shape index (κ3) is 4.19. The molecule has 2 atom stereocenters. The highest BCUT2D eigenvalue weighted by Crippen LogP contribution is 2.40. The van der Waals surface area contributed by atoms with Gasteiger partial charge in [0.15, 0.2) is 0 Å². The second-order valence-corrected chi connectivity index (χ2v) is 8.34. The molecule has 146 valence electrons. The zero-order valence-corrected chi connectivity index (χ0v) is 16.6. The molecule has 0 bridgehead atoms. The molecule has 0 aliphatic heterocycles. The normalized spacial score (nSPS) is 21.8. The number of fused-ring (bicyclic) bond motifs is 1. The number of esters is 1. The summed E-state index contributed by atoms with van der Waals surface area (Å²) in [6, 6.07) is 0. The molecular formula is C19H21ClNO5S-. The van der Waals surface area contributed by atoms with E-state index in [0.717, 1.165) is 36.1 Å². The van der Waals surface area contributed by atoms with Gasteiger partial charge in [-0.3, -0.25) is 4.79 Å². The van der Waals surface area contributed by atoms with Gasteiger partial charge in [0.2, 0.25) is 5.91 Å². The first-order valence-electron chi connectivity index (χ1n) is 9.10. The zero-order valence-electron chi connectivity index (χ0n) is 15.0. The third-order valence-corrected chi connectivity index (χ3v) is 6.54. The smallest absolute Gasteiger partial charge is 0.341 e. The minimum atomic E-state index is -1.27. The molecule has 0 spiro atoms. The van der Waals surface area contributed by atoms with Gasteiger partial charge in [-0.25, -0.2) is 4.79 Å². The second kappa shape index (κ2) is 8.44. The molecule has 1 heterocycles. The van der Waals surface area contributed by atoms with Crippen molar-refractivity contribution in [3.8, 4) is 0 Å². The Morgan fingerprint density at radius 3 is 2.74 bits per heavy atom. The highest BCUT2D eigenvalue weighted by atomic mass is 35.5. The lowest BCUT2D eigenvalue weighted by molar-refractivity contribution is -0.313. The average molecular weight is 411 g/mol. The van der Waals surface area contributed by atoms with Crippen molar-refractivity contribution in [2.24, 2.45) is 11.8 Å². The molecule has 6 nitrogen and oxygen atoms in total. The Morgan fingerprint density at radius 1 is 1.30 bits per heavy atom. The molecule has 3 rings (SSSR count). The van der Waals surface area contributed by atoms with E-state index >= 15 is 0 Å². The summed E-state index contributed by atoms with van der Waals surface area (Å²) < 4.78 is 5.18. The van der Waals surface area contributed by atoms with Crippen LogP contribution in [0.5, 0.6) is 0 Å². The van der Waals surface area contributed by atoms with Gasteiger partial charge in [-0.05, 0) is 51.0 Å². The summed E-state index contributed by atoms with van der Waals surface area (Å²) >= 11 is 7.41. The van der Waals surface area contributed by atoms with Gasteiger partial charge in [-0.2, -0.15) is 0 Å². The molecule has 27 heavy (non-hydrogen) atoms. The summed E-state index contributed by atoms with van der Waals surface area (Å²) in [7, 11) is 0. The van der Waals surface area contributed by atoms with Crippen LogP contribution in [0.4, 0.5) is 5.00 Å². The van der Waals surface area contributed by atoms with Gasteiger partial charge in [0.1, 0.15) is 5.00 Å². The van der Waals surface area contributed by atoms with E-state index in [0.29, 0.717) is 15.6 Å². The lowest BCUT2D eigenvalue weighted by Crippen LogP contribution is -2.42. The second-order valence-electron chi connectivity index (χ2n) is 6.75. The molecule has 0 radical (unpaired) electrons. The van der Waals surface area contributed by atoms with Gasteiger partial charge >= 0.3 is 5.97 Å². The minimum Gasteiger partial charge on any atom is -0.550 e. The van der Waals surface area contributed by atoms with E-state index in [1.165, 1.54) is 11.3 Å². The number of aryl methyl sites for hydroxylation is 1. The topological polar surface area (TPSA) is 95.5 Å². The summed E-state index contributed by atoms with van der Waals surface area (Å²) in [6.07, 6.45) is 5.58. The summed E-state index contributed by atoms with van der Waals surface area (Å²) in [5, 5.41) is 15.1. The number of ether oxygens (including phenoxy) is 1. The molecular weight excluding hydrogens is 390 g/mol. The highest BCUT2D eigenvalue weighted by Gasteiger charge is 2.34. The molecule has 1 N–H and O–H groups in total. The van der Waals surface area contributed by atoms with Crippen LogP contribution in [-0.2, 0) is 27.2 Å². The van der Waals surface area contributed by atoms with Crippen LogP contribution < -0.4 is 10.4 Å². The van der Waals surface area contributed by atoms with Crippen molar-refractivity contribution < 1.29 is 24.2 Å². The molecule has 0 saturated heterocycles. The van der Waals surface area contributed by atoms with Gasteiger partial charge in [-0.15, -0.1) is 11.3 Å². The van der Waals surface area contributed by atoms with E-state index in [1.54, 1.807) is 13.0 Å². The number of hydrogen-bond donors (Lipinski definition) is 1. The molecule has 1 amide bonds. The van der Waals surface area contributed by atoms with Crippen LogP contribution in [0.25, 0.3) is 0 Å². The Bertz CT molecular complexity index is 800. The number of carbonyl (C=O) groups excluding carboxylic acids is 3. The largest absolute Gasteiger partial charge is 0.550 e. The van der Waals surface area contributed by atoms with Crippen LogP contribution in [-0.4, -0.2) is 24.5 Å². The van der Waals surface area contributed by atoms with Gasteiger partial charge in [0.05, 0.1) is 18.1 Å². The first-order chi connectivity index (χ1) is 12.9. The van der Waals surface area contributed by atoms with Crippen molar-refractivity contribution in [1.82, 2.24) is 0 Å². The van der Waals surface area contributed by atoms with E-state index < -0.39 is 29.7 Å². The molecule has 0 aromatic carbocycles. The fraction of sp³-hybridized carbons (Fsp3) is 0.526. The number of carboxylic acids is 1. The van der Waals surface area contributed by atoms with Crippen molar-refractivity contribution in [2.75, 3.05) is 11.9 Å². The Labute approximate surface area is 166 Å². The summed E-state index contributed by atoms with van der Waals surface area (Å²) in [5.74, 6) is -3.95. The fourth-order valence-electron chi connectivity index (χ4n) is 3.67. The zero-order chi connectivity index (χ0) is 19.6. The number of thiophene rings is 1. The number of amides is 1. The van der Waals surface area contributed by atoms with E-state index in [1.807, 2.05) is 0 Å². The number of carboxylic acid groups (broad SMARTS) is 1. The Kier molecular flexibility index (Phi) is 6.22. The van der Waals surface area contributed by atoms with Crippen molar-refractivity contribution in [3.63, 3.8) is 0 Å². The summed E-state index contributed by atoms with van der Waals surface area (Å²) in [6.45, 7) is 1.97. The number of hydrogen-bond acceptors (Lipinski definition) is 6. The van der Waals surface area contributed by atoms with Gasteiger partial charge in [0, 0.05) is 21.8 Å². The predicted molar refractivity (Wildman–Crippen MR) is 101 cm³/mol. The molecule has 1 aromatic rings. The number of nitrogens with one attached hydrogen (secondary N) is 1. The van der Waals surface area contributed by atoms with Crippen LogP contribution in [0.15, 0.2) is 11.1 Å². The highest BCUT2D eigenvalue weighted by molar-refractivity contribution is 7.17. The first-order valence-corrected chi connectivity index (χ1v) is 10.3. The van der Waals surface area contributed by atoms with Crippen molar-refractivity contribution >= 4 is 45.8 Å². The van der Waals surface area contributed by atoms with Gasteiger partial charge < -0.3 is 20.0 Å². The quantitative estimate of drug-likeness (QED) is 0.753. The van der Waals surface area contributed by atoms with Crippen molar-refractivity contribution in [3.05, 3.63) is 27.1 Å². The maximum absolute atomic E-state index is 12.8. The molecule has 2 aliphatic rings. The van der Waals surface area contributed by atoms with Gasteiger partial charge in [0.25, 0.3) is 0 Å². The van der Waals surface area contributed by atoms with Gasteiger partial charge in [-0.1, -0.05) is 17.7 Å². The lowest BCUT2D eigenvalue weighted by Gasteiger charge is -2.29. The van der Waals surface area contributed by atoms with Crippen molar-refractivity contribution in [2.45, 2.75) is 45.4 Å². The van der Waals surface area contributed by atoms with Crippen LogP contribution in [0, 0.1) is 11.8 Å². The summed E-state index contributed by atoms with van der Waals surface area (Å²) in [5.41, 5.74) is 1.35. The van der Waals surface area contributed by atoms with Crippen LogP contribution in [0.1, 0.15) is 53.4 Å². The van der Waals surface area contributed by atoms with Crippen molar-refractivity contribution in [1.29, 1.82) is 0 Å². The third-order valence-electron chi connectivity index (χ3n) is 5.02. The molecule has 2 aliphatic carbocycles. The number of anilines is 1. The monoisotopic (exact) mass is 410 g/mol. The number of halogens is 1. The van der Waals surface area contributed by atoms with E-state index in [2.05, 4.69) is 5.32 Å². The van der Waals surface area contributed by atoms with Crippen LogP contribution >= 0.6 is 22.9 Å². The number of allylic oxidation sites excluding steroid dienone is 2. The van der Waals surface area contributed by atoms with Crippen LogP contribution in [0.2, 0.25) is 0 Å². The van der Waals surface area contributed by atoms with E-state index in [4.69, 9.17) is 16.3 Å².